The molecule has 1 unspecified atom stereocenters. The molecule has 1 amide bonds. The van der Waals surface area contributed by atoms with Gasteiger partial charge in [-0.1, -0.05) is 0 Å². The van der Waals surface area contributed by atoms with Gasteiger partial charge in [-0.05, 0) is 92.7 Å². The van der Waals surface area contributed by atoms with Crippen LogP contribution in [0.5, 0.6) is 0 Å². The maximum Gasteiger partial charge on any atom is 0.310 e. The minimum atomic E-state index is -0.847. The SMILES string of the molecule is CC(C(=O)O)c1c(I)cc(I)c(N2CCCC2=O)c1I. The van der Waals surface area contributed by atoms with Crippen LogP contribution in [0.25, 0.3) is 0 Å². The molecule has 1 saturated heterocycles. The Balaban J connectivity index is 2.61. The highest BCUT2D eigenvalue weighted by Gasteiger charge is 2.30. The van der Waals surface area contributed by atoms with Gasteiger partial charge in [-0.2, -0.15) is 0 Å². The number of amides is 1. The molecule has 0 aromatic heterocycles. The molecule has 7 heteroatoms. The minimum absolute atomic E-state index is 0.121. The Morgan fingerprint density at radius 1 is 1.35 bits per heavy atom. The van der Waals surface area contributed by atoms with E-state index in [-0.39, 0.29) is 5.91 Å². The second kappa shape index (κ2) is 6.63. The van der Waals surface area contributed by atoms with Crippen LogP contribution in [-0.4, -0.2) is 23.5 Å². The number of nitrogens with zero attached hydrogens (tertiary/aromatic N) is 1. The summed E-state index contributed by atoms with van der Waals surface area (Å²) < 4.78 is 2.80. The van der Waals surface area contributed by atoms with E-state index in [9.17, 15) is 14.7 Å². The van der Waals surface area contributed by atoms with Crippen LogP contribution in [0.4, 0.5) is 5.69 Å². The summed E-state index contributed by atoms with van der Waals surface area (Å²) in [5.41, 5.74) is 1.67. The molecule has 108 valence electrons. The zero-order valence-electron chi connectivity index (χ0n) is 10.6. The lowest BCUT2D eigenvalue weighted by Gasteiger charge is -2.23. The maximum absolute atomic E-state index is 12.0. The summed E-state index contributed by atoms with van der Waals surface area (Å²) in [6, 6.07) is 1.96. The molecule has 4 nitrogen and oxygen atoms in total. The zero-order chi connectivity index (χ0) is 15.0. The fourth-order valence-corrected chi connectivity index (χ4v) is 7.13. The van der Waals surface area contributed by atoms with Crippen LogP contribution in [0.15, 0.2) is 6.07 Å². The lowest BCUT2D eigenvalue weighted by atomic mass is 10.0. The number of rotatable bonds is 3. The Labute approximate surface area is 158 Å². The number of carbonyl (C=O) groups is 2. The largest absolute Gasteiger partial charge is 0.481 e. The number of anilines is 1. The van der Waals surface area contributed by atoms with E-state index in [1.807, 2.05) is 6.07 Å². The highest BCUT2D eigenvalue weighted by atomic mass is 127. The van der Waals surface area contributed by atoms with Gasteiger partial charge in [-0.15, -0.1) is 0 Å². The van der Waals surface area contributed by atoms with Gasteiger partial charge in [-0.3, -0.25) is 9.59 Å². The number of hydrogen-bond acceptors (Lipinski definition) is 2. The van der Waals surface area contributed by atoms with Gasteiger partial charge in [-0.25, -0.2) is 0 Å². The van der Waals surface area contributed by atoms with E-state index in [1.54, 1.807) is 11.8 Å². The third-order valence-electron chi connectivity index (χ3n) is 3.33. The summed E-state index contributed by atoms with van der Waals surface area (Å²) in [5.74, 6) is -1.31. The van der Waals surface area contributed by atoms with E-state index in [4.69, 9.17) is 0 Å². The van der Waals surface area contributed by atoms with Gasteiger partial charge in [0.15, 0.2) is 0 Å². The molecule has 0 saturated carbocycles. The lowest BCUT2D eigenvalue weighted by molar-refractivity contribution is -0.138. The summed E-state index contributed by atoms with van der Waals surface area (Å²) in [7, 11) is 0. The topological polar surface area (TPSA) is 57.6 Å². The van der Waals surface area contributed by atoms with Crippen LogP contribution >= 0.6 is 67.8 Å². The standard InChI is InChI=1S/C13H12I3NO3/c1-6(13(19)20)10-7(14)5-8(15)12(11(10)16)17-4-2-3-9(17)18/h5-6H,2-4H2,1H3,(H,19,20). The number of benzene rings is 1. The predicted molar refractivity (Wildman–Crippen MR) is 102 cm³/mol. The fraction of sp³-hybridized carbons (Fsp3) is 0.385. The molecule has 0 bridgehead atoms. The average molecular weight is 611 g/mol. The number of hydrogen-bond donors (Lipinski definition) is 1. The zero-order valence-corrected chi connectivity index (χ0v) is 17.1. The van der Waals surface area contributed by atoms with Gasteiger partial charge in [0, 0.05) is 23.7 Å². The molecular formula is C13H12I3NO3. The normalized spacial score (nSPS) is 16.6. The molecule has 1 aromatic carbocycles. The van der Waals surface area contributed by atoms with Crippen molar-refractivity contribution in [1.82, 2.24) is 0 Å². The third kappa shape index (κ3) is 3.08. The van der Waals surface area contributed by atoms with Gasteiger partial charge in [0.2, 0.25) is 5.91 Å². The van der Waals surface area contributed by atoms with E-state index >= 15 is 0 Å². The first-order chi connectivity index (χ1) is 9.34. The molecule has 1 N–H and O–H groups in total. The third-order valence-corrected chi connectivity index (χ3v) is 6.13. The van der Waals surface area contributed by atoms with Gasteiger partial charge in [0.25, 0.3) is 0 Å². The van der Waals surface area contributed by atoms with Crippen molar-refractivity contribution in [1.29, 1.82) is 0 Å². The van der Waals surface area contributed by atoms with Crippen molar-refractivity contribution >= 4 is 85.3 Å². The number of halogens is 3. The first-order valence-electron chi connectivity index (χ1n) is 6.05. The summed E-state index contributed by atoms with van der Waals surface area (Å²) in [6.07, 6.45) is 1.43. The van der Waals surface area contributed by atoms with Crippen molar-refractivity contribution in [3.05, 3.63) is 22.3 Å². The molecule has 1 heterocycles. The second-order valence-electron chi connectivity index (χ2n) is 4.63. The molecule has 1 aromatic rings. The number of carboxylic acid groups (broad SMARTS) is 1. The van der Waals surface area contributed by atoms with Crippen molar-refractivity contribution in [2.75, 3.05) is 11.4 Å². The molecule has 0 spiro atoms. The molecular weight excluding hydrogens is 599 g/mol. The molecule has 2 rings (SSSR count). The van der Waals surface area contributed by atoms with Crippen molar-refractivity contribution in [3.8, 4) is 0 Å². The quantitative estimate of drug-likeness (QED) is 0.530. The molecule has 0 radical (unpaired) electrons. The van der Waals surface area contributed by atoms with E-state index in [2.05, 4.69) is 67.8 Å². The molecule has 0 aliphatic carbocycles. The van der Waals surface area contributed by atoms with Crippen LogP contribution < -0.4 is 4.90 Å². The molecule has 1 aliphatic rings. The van der Waals surface area contributed by atoms with Crippen molar-refractivity contribution < 1.29 is 14.7 Å². The van der Waals surface area contributed by atoms with Crippen LogP contribution in [0.2, 0.25) is 0 Å². The van der Waals surface area contributed by atoms with Crippen molar-refractivity contribution in [2.45, 2.75) is 25.7 Å². The molecule has 1 fully saturated rings. The summed E-state index contributed by atoms with van der Waals surface area (Å²) in [4.78, 5) is 25.1. The smallest absolute Gasteiger partial charge is 0.310 e. The van der Waals surface area contributed by atoms with Crippen molar-refractivity contribution in [2.24, 2.45) is 0 Å². The van der Waals surface area contributed by atoms with Crippen LogP contribution in [0.3, 0.4) is 0 Å². The summed E-state index contributed by atoms with van der Waals surface area (Å²) >= 11 is 6.56. The molecule has 20 heavy (non-hydrogen) atoms. The maximum atomic E-state index is 12.0. The molecule has 1 atom stereocenters. The van der Waals surface area contributed by atoms with Gasteiger partial charge < -0.3 is 10.0 Å². The van der Waals surface area contributed by atoms with Gasteiger partial charge in [0.1, 0.15) is 0 Å². The highest BCUT2D eigenvalue weighted by molar-refractivity contribution is 14.1. The van der Waals surface area contributed by atoms with E-state index < -0.39 is 11.9 Å². The van der Waals surface area contributed by atoms with E-state index in [1.165, 1.54) is 0 Å². The predicted octanol–water partition coefficient (Wildman–Crippen LogP) is 3.82. The Morgan fingerprint density at radius 2 is 2.00 bits per heavy atom. The first kappa shape index (κ1) is 16.7. The van der Waals surface area contributed by atoms with E-state index in [0.29, 0.717) is 13.0 Å². The van der Waals surface area contributed by atoms with Gasteiger partial charge in [0.05, 0.1) is 11.6 Å². The van der Waals surface area contributed by atoms with Crippen LogP contribution in [0.1, 0.15) is 31.2 Å². The van der Waals surface area contributed by atoms with E-state index in [0.717, 1.165) is 28.4 Å². The number of carbonyl (C=O) groups excluding carboxylic acids is 1. The first-order valence-corrected chi connectivity index (χ1v) is 9.28. The second-order valence-corrected chi connectivity index (χ2v) is 8.03. The van der Waals surface area contributed by atoms with Crippen LogP contribution in [0, 0.1) is 10.7 Å². The minimum Gasteiger partial charge on any atom is -0.481 e. The monoisotopic (exact) mass is 611 g/mol. The number of carboxylic acids is 1. The summed E-state index contributed by atoms with van der Waals surface area (Å²) in [5, 5.41) is 9.27. The fourth-order valence-electron chi connectivity index (χ4n) is 2.25. The highest BCUT2D eigenvalue weighted by Crippen LogP contribution is 2.39. The van der Waals surface area contributed by atoms with Crippen LogP contribution in [-0.2, 0) is 9.59 Å². The number of aliphatic carboxylic acids is 1. The Hall–Kier alpha value is 0.350. The average Bonchev–Trinajstić information content (AvgIpc) is 2.74. The Morgan fingerprint density at radius 3 is 2.50 bits per heavy atom. The Kier molecular flexibility index (Phi) is 5.54. The summed E-state index contributed by atoms with van der Waals surface area (Å²) in [6.45, 7) is 2.40. The Bertz CT molecular complexity index is 589. The molecule has 1 aliphatic heterocycles. The lowest BCUT2D eigenvalue weighted by Crippen LogP contribution is -2.27. The van der Waals surface area contributed by atoms with Gasteiger partial charge >= 0.3 is 5.97 Å². The van der Waals surface area contributed by atoms with Crippen molar-refractivity contribution in [3.63, 3.8) is 0 Å².